The van der Waals surface area contributed by atoms with Gasteiger partial charge in [-0.15, -0.1) is 0 Å². The molecule has 0 aliphatic carbocycles. The Morgan fingerprint density at radius 2 is 1.77 bits per heavy atom. The average molecular weight is 410 g/mol. The highest BCUT2D eigenvalue weighted by Gasteiger charge is 2.19. The van der Waals surface area contributed by atoms with Gasteiger partial charge in [-0.25, -0.2) is 0 Å². The van der Waals surface area contributed by atoms with Gasteiger partial charge in [0.2, 0.25) is 5.91 Å². The molecule has 1 aliphatic heterocycles. The second kappa shape index (κ2) is 10.7. The molecule has 0 aromatic heterocycles. The van der Waals surface area contributed by atoms with E-state index in [9.17, 15) is 9.59 Å². The summed E-state index contributed by atoms with van der Waals surface area (Å²) in [6.07, 6.45) is 3.14. The Kier molecular flexibility index (Phi) is 7.71. The number of benzene rings is 2. The number of hydrogen-bond donors (Lipinski definition) is 2. The van der Waals surface area contributed by atoms with E-state index >= 15 is 0 Å². The topological polar surface area (TPSA) is 70.7 Å². The molecule has 1 aliphatic rings. The number of likely N-dealkylation sites (tertiary alicyclic amines) is 1. The number of nitrogens with one attached hydrogen (secondary N) is 2. The second-order valence-corrected chi connectivity index (χ2v) is 8.04. The number of rotatable bonds is 9. The Morgan fingerprint density at radius 1 is 1.03 bits per heavy atom. The second-order valence-electron chi connectivity index (χ2n) is 8.04. The van der Waals surface area contributed by atoms with Crippen LogP contribution in [0.2, 0.25) is 0 Å². The van der Waals surface area contributed by atoms with Crippen LogP contribution in [0.25, 0.3) is 0 Å². The van der Waals surface area contributed by atoms with Gasteiger partial charge < -0.3 is 20.3 Å². The van der Waals surface area contributed by atoms with Crippen molar-refractivity contribution in [2.75, 3.05) is 36.9 Å². The Hall–Kier alpha value is -3.02. The predicted molar refractivity (Wildman–Crippen MR) is 120 cm³/mol. The van der Waals surface area contributed by atoms with Crippen LogP contribution in [-0.4, -0.2) is 43.0 Å². The van der Waals surface area contributed by atoms with Crippen LogP contribution in [0.3, 0.4) is 0 Å². The Bertz CT molecular complexity index is 843. The van der Waals surface area contributed by atoms with Crippen molar-refractivity contribution >= 4 is 23.2 Å². The number of ether oxygens (including phenoxy) is 1. The van der Waals surface area contributed by atoms with E-state index in [4.69, 9.17) is 4.74 Å². The van der Waals surface area contributed by atoms with Crippen LogP contribution in [0.15, 0.2) is 48.5 Å². The van der Waals surface area contributed by atoms with Crippen molar-refractivity contribution in [1.82, 2.24) is 4.90 Å². The fourth-order valence-corrected chi connectivity index (χ4v) is 3.30. The summed E-state index contributed by atoms with van der Waals surface area (Å²) >= 11 is 0. The molecular formula is C24H31N3O3. The monoisotopic (exact) mass is 409 g/mol. The highest BCUT2D eigenvalue weighted by atomic mass is 16.5. The molecule has 30 heavy (non-hydrogen) atoms. The third-order valence-corrected chi connectivity index (χ3v) is 5.06. The smallest absolute Gasteiger partial charge is 0.253 e. The quantitative estimate of drug-likeness (QED) is 0.644. The molecule has 2 amide bonds. The van der Waals surface area contributed by atoms with Gasteiger partial charge in [-0.05, 0) is 67.6 Å². The van der Waals surface area contributed by atoms with Crippen molar-refractivity contribution in [3.8, 4) is 5.75 Å². The maximum absolute atomic E-state index is 12.5. The summed E-state index contributed by atoms with van der Waals surface area (Å²) in [6, 6.07) is 14.7. The standard InChI is InChI=1S/C24H31N3O3/c1-18(2)12-15-30-22-10-8-20(9-11-22)26-23(28)17-25-21-7-5-6-19(16-21)24(29)27-13-3-4-14-27/h5-11,16,18,25H,3-4,12-15,17H2,1-2H3,(H,26,28). The molecule has 2 aromatic rings. The van der Waals surface area contributed by atoms with Crippen molar-refractivity contribution in [1.29, 1.82) is 0 Å². The van der Waals surface area contributed by atoms with E-state index < -0.39 is 0 Å². The zero-order chi connectivity index (χ0) is 21.3. The van der Waals surface area contributed by atoms with E-state index in [0.29, 0.717) is 18.1 Å². The minimum atomic E-state index is -0.153. The SMILES string of the molecule is CC(C)CCOc1ccc(NC(=O)CNc2cccc(C(=O)N3CCCC3)c2)cc1. The molecule has 160 valence electrons. The molecule has 0 bridgehead atoms. The zero-order valence-electron chi connectivity index (χ0n) is 17.8. The van der Waals surface area contributed by atoms with Crippen LogP contribution >= 0.6 is 0 Å². The number of carbonyl (C=O) groups excluding carboxylic acids is 2. The summed E-state index contributed by atoms with van der Waals surface area (Å²) in [5.74, 6) is 1.30. The van der Waals surface area contributed by atoms with Crippen molar-refractivity contribution in [2.45, 2.75) is 33.1 Å². The van der Waals surface area contributed by atoms with E-state index in [1.807, 2.05) is 47.4 Å². The van der Waals surface area contributed by atoms with E-state index in [1.54, 1.807) is 6.07 Å². The molecule has 1 fully saturated rings. The number of nitrogens with zero attached hydrogens (tertiary/aromatic N) is 1. The van der Waals surface area contributed by atoms with E-state index in [1.165, 1.54) is 0 Å². The van der Waals surface area contributed by atoms with Crippen LogP contribution in [-0.2, 0) is 4.79 Å². The Labute approximate surface area is 178 Å². The Morgan fingerprint density at radius 3 is 2.47 bits per heavy atom. The normalized spacial score (nSPS) is 13.4. The summed E-state index contributed by atoms with van der Waals surface area (Å²) < 4.78 is 5.69. The van der Waals surface area contributed by atoms with E-state index in [0.717, 1.165) is 49.5 Å². The van der Waals surface area contributed by atoms with Gasteiger partial charge in [-0.1, -0.05) is 19.9 Å². The molecule has 0 unspecified atom stereocenters. The molecule has 1 heterocycles. The van der Waals surface area contributed by atoms with Crippen LogP contribution in [0.4, 0.5) is 11.4 Å². The number of anilines is 2. The molecule has 2 N–H and O–H groups in total. The molecule has 0 atom stereocenters. The summed E-state index contributed by atoms with van der Waals surface area (Å²) in [6.45, 7) is 6.77. The largest absolute Gasteiger partial charge is 0.494 e. The predicted octanol–water partition coefficient (Wildman–Crippen LogP) is 4.40. The average Bonchev–Trinajstić information content (AvgIpc) is 3.28. The number of hydrogen-bond acceptors (Lipinski definition) is 4. The van der Waals surface area contributed by atoms with Crippen molar-refractivity contribution < 1.29 is 14.3 Å². The first kappa shape index (κ1) is 21.7. The van der Waals surface area contributed by atoms with Gasteiger partial charge in [0, 0.05) is 30.0 Å². The van der Waals surface area contributed by atoms with Crippen LogP contribution in [0, 0.1) is 5.92 Å². The lowest BCUT2D eigenvalue weighted by Gasteiger charge is -2.16. The maximum atomic E-state index is 12.5. The first-order valence-corrected chi connectivity index (χ1v) is 10.7. The van der Waals surface area contributed by atoms with Crippen molar-refractivity contribution in [3.05, 3.63) is 54.1 Å². The molecule has 0 spiro atoms. The molecule has 2 aromatic carbocycles. The van der Waals surface area contributed by atoms with E-state index in [-0.39, 0.29) is 18.4 Å². The molecular weight excluding hydrogens is 378 g/mol. The van der Waals surface area contributed by atoms with Crippen LogP contribution in [0.1, 0.15) is 43.5 Å². The lowest BCUT2D eigenvalue weighted by atomic mass is 10.1. The van der Waals surface area contributed by atoms with Gasteiger partial charge >= 0.3 is 0 Å². The van der Waals surface area contributed by atoms with Gasteiger partial charge in [-0.2, -0.15) is 0 Å². The Balaban J connectivity index is 1.46. The van der Waals surface area contributed by atoms with Gasteiger partial charge in [-0.3, -0.25) is 9.59 Å². The van der Waals surface area contributed by atoms with E-state index in [2.05, 4.69) is 24.5 Å². The van der Waals surface area contributed by atoms with Gasteiger partial charge in [0.05, 0.1) is 13.2 Å². The van der Waals surface area contributed by atoms with Gasteiger partial charge in [0.1, 0.15) is 5.75 Å². The maximum Gasteiger partial charge on any atom is 0.253 e. The van der Waals surface area contributed by atoms with Crippen LogP contribution < -0.4 is 15.4 Å². The third kappa shape index (κ3) is 6.51. The number of carbonyl (C=O) groups is 2. The molecule has 1 saturated heterocycles. The summed E-state index contributed by atoms with van der Waals surface area (Å²) in [5, 5.41) is 5.96. The fraction of sp³-hybridized carbons (Fsp3) is 0.417. The highest BCUT2D eigenvalue weighted by molar-refractivity contribution is 5.96. The summed E-state index contributed by atoms with van der Waals surface area (Å²) in [5.41, 5.74) is 2.12. The van der Waals surface area contributed by atoms with Crippen molar-refractivity contribution in [3.63, 3.8) is 0 Å². The number of amides is 2. The first-order chi connectivity index (χ1) is 14.5. The van der Waals surface area contributed by atoms with Crippen LogP contribution in [0.5, 0.6) is 5.75 Å². The molecule has 6 heteroatoms. The van der Waals surface area contributed by atoms with Crippen molar-refractivity contribution in [2.24, 2.45) is 5.92 Å². The van der Waals surface area contributed by atoms with Gasteiger partial charge in [0.15, 0.2) is 0 Å². The third-order valence-electron chi connectivity index (χ3n) is 5.06. The molecule has 0 radical (unpaired) electrons. The minimum Gasteiger partial charge on any atom is -0.494 e. The fourth-order valence-electron chi connectivity index (χ4n) is 3.30. The molecule has 3 rings (SSSR count). The zero-order valence-corrected chi connectivity index (χ0v) is 17.8. The molecule has 6 nitrogen and oxygen atoms in total. The first-order valence-electron chi connectivity index (χ1n) is 10.7. The highest BCUT2D eigenvalue weighted by Crippen LogP contribution is 2.18. The lowest BCUT2D eigenvalue weighted by Crippen LogP contribution is -2.27. The summed E-state index contributed by atoms with van der Waals surface area (Å²) in [7, 11) is 0. The lowest BCUT2D eigenvalue weighted by molar-refractivity contribution is -0.114. The van der Waals surface area contributed by atoms with Gasteiger partial charge in [0.25, 0.3) is 5.91 Å². The molecule has 0 saturated carbocycles. The minimum absolute atomic E-state index is 0.0521. The summed E-state index contributed by atoms with van der Waals surface area (Å²) in [4.78, 5) is 26.7.